The molecule has 1 aromatic heterocycles. The monoisotopic (exact) mass is 521 g/mol. The molecule has 0 spiro atoms. The van der Waals surface area contributed by atoms with Crippen molar-refractivity contribution < 1.29 is 18.7 Å². The van der Waals surface area contributed by atoms with Gasteiger partial charge in [-0.05, 0) is 55.3 Å². The van der Waals surface area contributed by atoms with Crippen LogP contribution in [0.15, 0.2) is 51.7 Å². The van der Waals surface area contributed by atoms with Gasteiger partial charge in [-0.1, -0.05) is 30.3 Å². The molecule has 1 amide bonds. The van der Waals surface area contributed by atoms with E-state index < -0.39 is 6.10 Å². The van der Waals surface area contributed by atoms with Gasteiger partial charge in [0.2, 0.25) is 5.91 Å². The Labute approximate surface area is 221 Å². The van der Waals surface area contributed by atoms with Gasteiger partial charge in [0.1, 0.15) is 6.10 Å². The van der Waals surface area contributed by atoms with Gasteiger partial charge in [0.05, 0.1) is 30.8 Å². The Kier molecular flexibility index (Phi) is 9.67. The number of amides is 1. The second-order valence-electron chi connectivity index (χ2n) is 9.55. The molecule has 0 aliphatic carbocycles. The first-order valence-electron chi connectivity index (χ1n) is 13.0. The number of nitrogens with one attached hydrogen (secondary N) is 1. The number of fused-ring (bicyclic) bond motifs is 1. The summed E-state index contributed by atoms with van der Waals surface area (Å²) in [7, 11) is 2.06. The number of carbonyl (C=O) groups excluding carboxylic acids is 1. The van der Waals surface area contributed by atoms with E-state index in [1.807, 2.05) is 18.2 Å². The van der Waals surface area contributed by atoms with E-state index in [0.717, 1.165) is 61.4 Å². The molecular formula is C28H35N5O5. The third kappa shape index (κ3) is 7.08. The lowest BCUT2D eigenvalue weighted by Gasteiger charge is -2.34. The molecule has 1 atom stereocenters. The summed E-state index contributed by atoms with van der Waals surface area (Å²) in [5.41, 5.74) is 9.71. The Balaban J connectivity index is 0.000000283. The Bertz CT molecular complexity index is 1300. The molecule has 2 aliphatic heterocycles. The minimum atomic E-state index is -0.428. The summed E-state index contributed by atoms with van der Waals surface area (Å²) in [6.45, 7) is 4.94. The van der Waals surface area contributed by atoms with Crippen molar-refractivity contribution in [3.8, 4) is 17.2 Å². The number of ether oxygens (including phenoxy) is 2. The maximum absolute atomic E-state index is 12.3. The standard InChI is InChI=1S/C22H23N3O3.C6H12N2O2/c1-24(19-14-27-15-19)11-12-25-20-13-18(8-9-21(20)28-22(25)26)17-6-4-16(5-7-17)3-2-10-23;7-6(9)5-4-8-2-1-3-10-5/h4-9,13,19H,2-3,11-12,14-15H2,1H3;5,8H,1-4H2,(H2,7,9). The van der Waals surface area contributed by atoms with Gasteiger partial charge < -0.3 is 24.9 Å². The number of nitrogens with two attached hydrogens (primary N) is 1. The lowest BCUT2D eigenvalue weighted by molar-refractivity contribution is -0.128. The summed E-state index contributed by atoms with van der Waals surface area (Å²) < 4.78 is 17.5. The molecule has 38 heavy (non-hydrogen) atoms. The second kappa shape index (κ2) is 13.3. The number of hydrogen-bond acceptors (Lipinski definition) is 8. The summed E-state index contributed by atoms with van der Waals surface area (Å²) in [6.07, 6.45) is 1.80. The van der Waals surface area contributed by atoms with E-state index in [1.165, 1.54) is 0 Å². The van der Waals surface area contributed by atoms with Crippen LogP contribution in [0.1, 0.15) is 18.4 Å². The molecule has 3 heterocycles. The number of likely N-dealkylation sites (N-methyl/N-ethyl adjacent to an activating group) is 1. The van der Waals surface area contributed by atoms with Gasteiger partial charge in [0.25, 0.3) is 0 Å². The Morgan fingerprint density at radius 2 is 1.97 bits per heavy atom. The zero-order valence-electron chi connectivity index (χ0n) is 21.7. The fourth-order valence-corrected chi connectivity index (χ4v) is 4.33. The van der Waals surface area contributed by atoms with Crippen LogP contribution in [0.3, 0.4) is 0 Å². The van der Waals surface area contributed by atoms with Crippen molar-refractivity contribution in [2.45, 2.75) is 38.0 Å². The van der Waals surface area contributed by atoms with Gasteiger partial charge in [0.15, 0.2) is 5.58 Å². The molecule has 202 valence electrons. The van der Waals surface area contributed by atoms with Crippen LogP contribution in [0.25, 0.3) is 22.2 Å². The third-order valence-corrected chi connectivity index (χ3v) is 6.86. The number of hydrogen-bond donors (Lipinski definition) is 2. The first kappa shape index (κ1) is 27.5. The second-order valence-corrected chi connectivity index (χ2v) is 9.55. The molecule has 3 aromatic rings. The van der Waals surface area contributed by atoms with Gasteiger partial charge in [-0.15, -0.1) is 0 Å². The first-order chi connectivity index (χ1) is 18.5. The van der Waals surface area contributed by atoms with Crippen LogP contribution in [-0.4, -0.2) is 74.0 Å². The minimum absolute atomic E-state index is 0.322. The average Bonchev–Trinajstić information content (AvgIpc) is 3.03. The van der Waals surface area contributed by atoms with Crippen molar-refractivity contribution >= 4 is 17.0 Å². The van der Waals surface area contributed by atoms with Crippen LogP contribution in [0, 0.1) is 11.3 Å². The highest BCUT2D eigenvalue weighted by molar-refractivity contribution is 5.81. The highest BCUT2D eigenvalue weighted by Crippen LogP contribution is 2.25. The van der Waals surface area contributed by atoms with Crippen molar-refractivity contribution in [2.75, 3.05) is 46.5 Å². The van der Waals surface area contributed by atoms with Gasteiger partial charge in [0, 0.05) is 32.7 Å². The van der Waals surface area contributed by atoms with E-state index in [0.29, 0.717) is 37.7 Å². The van der Waals surface area contributed by atoms with Crippen molar-refractivity contribution in [1.82, 2.24) is 14.8 Å². The predicted octanol–water partition coefficient (Wildman–Crippen LogP) is 1.90. The molecule has 0 radical (unpaired) electrons. The summed E-state index contributed by atoms with van der Waals surface area (Å²) in [6, 6.07) is 16.7. The number of oxazole rings is 1. The van der Waals surface area contributed by atoms with Crippen LogP contribution >= 0.6 is 0 Å². The number of nitrogens with zero attached hydrogens (tertiary/aromatic N) is 3. The lowest BCUT2D eigenvalue weighted by atomic mass is 10.0. The zero-order chi connectivity index (χ0) is 26.9. The molecule has 10 nitrogen and oxygen atoms in total. The maximum Gasteiger partial charge on any atom is 0.419 e. The molecular weight excluding hydrogens is 486 g/mol. The molecule has 0 saturated carbocycles. The summed E-state index contributed by atoms with van der Waals surface area (Å²) in [5.74, 6) is -0.702. The fraction of sp³-hybridized carbons (Fsp3) is 0.464. The number of aryl methyl sites for hydroxylation is 1. The van der Waals surface area contributed by atoms with Crippen LogP contribution in [0.5, 0.6) is 0 Å². The van der Waals surface area contributed by atoms with Crippen LogP contribution < -0.4 is 16.8 Å². The van der Waals surface area contributed by atoms with Crippen molar-refractivity contribution in [2.24, 2.45) is 5.73 Å². The van der Waals surface area contributed by atoms with Crippen molar-refractivity contribution in [3.63, 3.8) is 0 Å². The minimum Gasteiger partial charge on any atom is -0.408 e. The van der Waals surface area contributed by atoms with Crippen molar-refractivity contribution in [3.05, 3.63) is 58.6 Å². The highest BCUT2D eigenvalue weighted by Gasteiger charge is 2.23. The van der Waals surface area contributed by atoms with Crippen molar-refractivity contribution in [1.29, 1.82) is 5.26 Å². The van der Waals surface area contributed by atoms with Crippen LogP contribution in [-0.2, 0) is 27.2 Å². The average molecular weight is 522 g/mol. The summed E-state index contributed by atoms with van der Waals surface area (Å²) >= 11 is 0. The predicted molar refractivity (Wildman–Crippen MR) is 144 cm³/mol. The smallest absolute Gasteiger partial charge is 0.408 e. The molecule has 2 saturated heterocycles. The fourth-order valence-electron chi connectivity index (χ4n) is 4.33. The van der Waals surface area contributed by atoms with E-state index >= 15 is 0 Å². The molecule has 2 fully saturated rings. The summed E-state index contributed by atoms with van der Waals surface area (Å²) in [4.78, 5) is 25.1. The van der Waals surface area contributed by atoms with Crippen LogP contribution in [0.4, 0.5) is 0 Å². The zero-order valence-corrected chi connectivity index (χ0v) is 21.7. The number of aromatic nitrogens is 1. The Morgan fingerprint density at radius 3 is 2.66 bits per heavy atom. The number of rotatable bonds is 8. The maximum atomic E-state index is 12.3. The number of primary amides is 1. The van der Waals surface area contributed by atoms with Crippen LogP contribution in [0.2, 0.25) is 0 Å². The molecule has 3 N–H and O–H groups in total. The first-order valence-corrected chi connectivity index (χ1v) is 13.0. The largest absolute Gasteiger partial charge is 0.419 e. The molecule has 5 rings (SSSR count). The quantitative estimate of drug-likeness (QED) is 0.459. The van der Waals surface area contributed by atoms with Gasteiger partial charge >= 0.3 is 5.76 Å². The Morgan fingerprint density at radius 1 is 1.21 bits per heavy atom. The highest BCUT2D eigenvalue weighted by atomic mass is 16.5. The van der Waals surface area contributed by atoms with E-state index in [4.69, 9.17) is 24.9 Å². The van der Waals surface area contributed by atoms with E-state index in [2.05, 4.69) is 47.6 Å². The Hall–Kier alpha value is -3.49. The number of nitriles is 1. The molecule has 2 aromatic carbocycles. The summed E-state index contributed by atoms with van der Waals surface area (Å²) in [5, 5.41) is 11.8. The number of benzene rings is 2. The molecule has 1 unspecified atom stereocenters. The van der Waals surface area contributed by atoms with Gasteiger partial charge in [-0.2, -0.15) is 5.26 Å². The molecule has 2 aliphatic rings. The van der Waals surface area contributed by atoms with E-state index in [-0.39, 0.29) is 11.7 Å². The van der Waals surface area contributed by atoms with E-state index in [9.17, 15) is 9.59 Å². The lowest BCUT2D eigenvalue weighted by Crippen LogP contribution is -2.48. The van der Waals surface area contributed by atoms with Gasteiger partial charge in [-0.25, -0.2) is 4.79 Å². The van der Waals surface area contributed by atoms with E-state index in [1.54, 1.807) is 4.57 Å². The molecule has 0 bridgehead atoms. The third-order valence-electron chi connectivity index (χ3n) is 6.86. The molecule has 10 heteroatoms. The normalized spacial score (nSPS) is 17.8. The topological polar surface area (TPSA) is 136 Å². The SMILES string of the molecule is CN(CCn1c(=O)oc2ccc(-c3ccc(CCC#N)cc3)cc21)C1COC1.NC(=O)C1CNCCCO1. The number of carbonyl (C=O) groups is 1. The van der Waals surface area contributed by atoms with Gasteiger partial charge in [-0.3, -0.25) is 14.3 Å².